The molecule has 2 heteroatoms. The van der Waals surface area contributed by atoms with Gasteiger partial charge in [-0.15, -0.1) is 5.73 Å². The molecule has 0 radical (unpaired) electrons. The lowest BCUT2D eigenvalue weighted by atomic mass is 10.2. The molecule has 2 nitrogen and oxygen atoms in total. The van der Waals surface area contributed by atoms with Gasteiger partial charge in [-0.05, 0) is 42.5 Å². The van der Waals surface area contributed by atoms with Crippen molar-refractivity contribution in [3.05, 3.63) is 53.9 Å². The Morgan fingerprint density at radius 1 is 1.26 bits per heavy atom. The first-order valence-corrected chi connectivity index (χ1v) is 6.82. The lowest BCUT2D eigenvalue weighted by molar-refractivity contribution is 0.219. The topological polar surface area (TPSA) is 25.2 Å². The van der Waals surface area contributed by atoms with Gasteiger partial charge in [-0.25, -0.2) is 0 Å². The molecule has 1 aromatic heterocycles. The van der Waals surface area contributed by atoms with Crippen molar-refractivity contribution >= 4 is 10.9 Å². The van der Waals surface area contributed by atoms with Crippen LogP contribution in [-0.2, 0) is 6.54 Å². The Kier molecular flexibility index (Phi) is 4.26. The molecule has 0 saturated carbocycles. The first kappa shape index (κ1) is 13.7. The number of hydrogen-bond acceptors (Lipinski definition) is 1. The van der Waals surface area contributed by atoms with E-state index in [2.05, 4.69) is 49.3 Å². The highest BCUT2D eigenvalue weighted by Crippen LogP contribution is 2.24. The van der Waals surface area contributed by atoms with Gasteiger partial charge in [0.05, 0.1) is 5.69 Å². The third-order valence-electron chi connectivity index (χ3n) is 3.15. The lowest BCUT2D eigenvalue weighted by Gasteiger charge is -2.10. The summed E-state index contributed by atoms with van der Waals surface area (Å²) in [5.41, 5.74) is 5.16. The standard InChI is InChI=1S/C17H21NO/c1-4-18-15-10-6-5-9-14(15)12-16(18)17(19)11-7-8-13(2)3/h5-6,8-13,17,19H,4H2,1-3H3. The first-order valence-electron chi connectivity index (χ1n) is 6.82. The summed E-state index contributed by atoms with van der Waals surface area (Å²) in [6, 6.07) is 10.3. The first-order chi connectivity index (χ1) is 9.13. The molecule has 0 spiro atoms. The van der Waals surface area contributed by atoms with Crippen LogP contribution in [0.1, 0.15) is 32.6 Å². The number of aliphatic hydroxyl groups excluding tert-OH is 1. The van der Waals surface area contributed by atoms with E-state index in [0.717, 1.165) is 12.2 Å². The van der Waals surface area contributed by atoms with Crippen LogP contribution in [0.25, 0.3) is 10.9 Å². The Balaban J connectivity index is 2.41. The minimum atomic E-state index is -0.609. The van der Waals surface area contributed by atoms with E-state index in [9.17, 15) is 5.11 Å². The molecule has 2 rings (SSSR count). The maximum atomic E-state index is 10.3. The van der Waals surface area contributed by atoms with Gasteiger partial charge in [-0.2, -0.15) is 0 Å². The van der Waals surface area contributed by atoms with Crippen LogP contribution in [0.4, 0.5) is 0 Å². The van der Waals surface area contributed by atoms with Gasteiger partial charge in [-0.1, -0.05) is 32.0 Å². The summed E-state index contributed by atoms with van der Waals surface area (Å²) in [4.78, 5) is 0. The number of para-hydroxylation sites is 1. The molecule has 1 aromatic carbocycles. The number of aryl methyl sites for hydroxylation is 1. The number of aromatic nitrogens is 1. The van der Waals surface area contributed by atoms with Crippen LogP contribution in [0.15, 0.2) is 48.2 Å². The van der Waals surface area contributed by atoms with E-state index in [4.69, 9.17) is 0 Å². The number of rotatable bonds is 4. The summed E-state index contributed by atoms with van der Waals surface area (Å²) < 4.78 is 2.15. The van der Waals surface area contributed by atoms with E-state index in [1.165, 1.54) is 10.9 Å². The third kappa shape index (κ3) is 2.98. The summed E-state index contributed by atoms with van der Waals surface area (Å²) in [7, 11) is 0. The number of hydrogen-bond donors (Lipinski definition) is 1. The van der Waals surface area contributed by atoms with E-state index >= 15 is 0 Å². The molecule has 100 valence electrons. The molecule has 0 saturated heterocycles. The van der Waals surface area contributed by atoms with Crippen molar-refractivity contribution in [2.45, 2.75) is 33.4 Å². The minimum absolute atomic E-state index is 0.445. The van der Waals surface area contributed by atoms with E-state index in [0.29, 0.717) is 5.92 Å². The zero-order valence-corrected chi connectivity index (χ0v) is 11.8. The molecule has 2 aromatic rings. The van der Waals surface area contributed by atoms with Gasteiger partial charge in [0.25, 0.3) is 0 Å². The maximum absolute atomic E-state index is 10.3. The molecule has 0 aliphatic carbocycles. The average molecular weight is 255 g/mol. The van der Waals surface area contributed by atoms with Crippen molar-refractivity contribution < 1.29 is 5.11 Å². The number of benzene rings is 1. The average Bonchev–Trinajstić information content (AvgIpc) is 2.76. The molecule has 0 aliphatic heterocycles. The Hall–Kier alpha value is -1.76. The maximum Gasteiger partial charge on any atom is 0.119 e. The van der Waals surface area contributed by atoms with Crippen molar-refractivity contribution in [1.82, 2.24) is 4.57 Å². The Labute approximate surface area is 114 Å². The zero-order valence-electron chi connectivity index (χ0n) is 11.8. The van der Waals surface area contributed by atoms with Gasteiger partial charge < -0.3 is 9.67 Å². The molecule has 1 atom stereocenters. The minimum Gasteiger partial charge on any atom is -0.382 e. The fourth-order valence-electron chi connectivity index (χ4n) is 2.25. The van der Waals surface area contributed by atoms with Crippen LogP contribution in [0, 0.1) is 5.92 Å². The van der Waals surface area contributed by atoms with E-state index in [1.807, 2.05) is 18.2 Å². The zero-order chi connectivity index (χ0) is 13.8. The second kappa shape index (κ2) is 5.92. The third-order valence-corrected chi connectivity index (χ3v) is 3.15. The van der Waals surface area contributed by atoms with Gasteiger partial charge in [0.1, 0.15) is 6.10 Å². The summed E-state index contributed by atoms with van der Waals surface area (Å²) in [5.74, 6) is 0.445. The van der Waals surface area contributed by atoms with Crippen LogP contribution in [0.3, 0.4) is 0 Å². The van der Waals surface area contributed by atoms with E-state index in [-0.39, 0.29) is 0 Å². The molecule has 0 bridgehead atoms. The van der Waals surface area contributed by atoms with Crippen LogP contribution in [0.2, 0.25) is 0 Å². The summed E-state index contributed by atoms with van der Waals surface area (Å²) in [5, 5.41) is 11.5. The van der Waals surface area contributed by atoms with Crippen LogP contribution in [0.5, 0.6) is 0 Å². The van der Waals surface area contributed by atoms with Crippen molar-refractivity contribution in [1.29, 1.82) is 0 Å². The molecular weight excluding hydrogens is 234 g/mol. The largest absolute Gasteiger partial charge is 0.382 e. The fraction of sp³-hybridized carbons (Fsp3) is 0.353. The molecular formula is C17H21NO. The van der Waals surface area contributed by atoms with Crippen LogP contribution < -0.4 is 0 Å². The molecule has 0 amide bonds. The van der Waals surface area contributed by atoms with Gasteiger partial charge in [0, 0.05) is 12.1 Å². The highest BCUT2D eigenvalue weighted by atomic mass is 16.3. The quantitative estimate of drug-likeness (QED) is 0.819. The summed E-state index contributed by atoms with van der Waals surface area (Å²) in [6.45, 7) is 7.13. The predicted molar refractivity (Wildman–Crippen MR) is 80.1 cm³/mol. The summed E-state index contributed by atoms with van der Waals surface area (Å²) >= 11 is 0. The lowest BCUT2D eigenvalue weighted by Crippen LogP contribution is -2.04. The molecule has 1 unspecified atom stereocenters. The second-order valence-corrected chi connectivity index (χ2v) is 5.06. The van der Waals surface area contributed by atoms with Gasteiger partial charge in [-0.3, -0.25) is 0 Å². The smallest absolute Gasteiger partial charge is 0.119 e. The Morgan fingerprint density at radius 2 is 2.00 bits per heavy atom. The SMILES string of the molecule is CCn1c(C(O)C=C=CC(C)C)cc2ccccc21. The molecule has 1 N–H and O–H groups in total. The predicted octanol–water partition coefficient (Wildman–Crippen LogP) is 4.06. The van der Waals surface area contributed by atoms with Crippen molar-refractivity contribution in [3.8, 4) is 0 Å². The Morgan fingerprint density at radius 3 is 2.68 bits per heavy atom. The molecule has 0 fully saturated rings. The number of aliphatic hydroxyl groups is 1. The van der Waals surface area contributed by atoms with Gasteiger partial charge in [0.2, 0.25) is 0 Å². The summed E-state index contributed by atoms with van der Waals surface area (Å²) in [6.07, 6.45) is 3.07. The molecule has 1 heterocycles. The Bertz CT molecular complexity index is 615. The van der Waals surface area contributed by atoms with Crippen molar-refractivity contribution in [3.63, 3.8) is 0 Å². The van der Waals surface area contributed by atoms with Gasteiger partial charge >= 0.3 is 0 Å². The number of nitrogens with zero attached hydrogens (tertiary/aromatic N) is 1. The van der Waals surface area contributed by atoms with Crippen molar-refractivity contribution in [2.75, 3.05) is 0 Å². The van der Waals surface area contributed by atoms with E-state index < -0.39 is 6.10 Å². The fourth-order valence-corrected chi connectivity index (χ4v) is 2.25. The highest BCUT2D eigenvalue weighted by molar-refractivity contribution is 5.81. The van der Waals surface area contributed by atoms with E-state index in [1.54, 1.807) is 6.08 Å². The molecule has 0 aliphatic rings. The van der Waals surface area contributed by atoms with Gasteiger partial charge in [0.15, 0.2) is 0 Å². The number of fused-ring (bicyclic) bond motifs is 1. The molecule has 19 heavy (non-hydrogen) atoms. The van der Waals surface area contributed by atoms with Crippen LogP contribution in [-0.4, -0.2) is 9.67 Å². The normalized spacial score (nSPS) is 12.5. The highest BCUT2D eigenvalue weighted by Gasteiger charge is 2.12. The van der Waals surface area contributed by atoms with Crippen molar-refractivity contribution in [2.24, 2.45) is 5.92 Å². The second-order valence-electron chi connectivity index (χ2n) is 5.06. The monoisotopic (exact) mass is 255 g/mol. The van der Waals surface area contributed by atoms with Crippen LogP contribution >= 0.6 is 0 Å².